The van der Waals surface area contributed by atoms with Crippen molar-refractivity contribution in [3.63, 3.8) is 0 Å². The van der Waals surface area contributed by atoms with Crippen molar-refractivity contribution in [3.05, 3.63) is 0 Å². The number of hydrogen-bond acceptors (Lipinski definition) is 8. The molecule has 5 fully saturated rings. The second-order valence-electron chi connectivity index (χ2n) is 12.9. The minimum Gasteiger partial charge on any atom is -0.462 e. The Balaban J connectivity index is 0.000000349. The summed E-state index contributed by atoms with van der Waals surface area (Å²) < 4.78 is 22.0. The fourth-order valence-corrected chi connectivity index (χ4v) is 7.27. The van der Waals surface area contributed by atoms with Crippen molar-refractivity contribution in [2.45, 2.75) is 117 Å². The molecule has 37 heavy (non-hydrogen) atoms. The van der Waals surface area contributed by atoms with Gasteiger partial charge in [0.2, 0.25) is 0 Å². The van der Waals surface area contributed by atoms with Crippen molar-refractivity contribution >= 4 is 23.9 Å². The zero-order chi connectivity index (χ0) is 27.1. The Labute approximate surface area is 220 Å². The van der Waals surface area contributed by atoms with E-state index in [0.717, 1.165) is 25.2 Å². The number of ether oxygens (including phenoxy) is 4. The summed E-state index contributed by atoms with van der Waals surface area (Å²) in [5.74, 6) is 0.320. The molecule has 208 valence electrons. The molecule has 5 aliphatic rings. The lowest BCUT2D eigenvalue weighted by Crippen LogP contribution is -2.38. The largest absolute Gasteiger partial charge is 0.462 e. The van der Waals surface area contributed by atoms with E-state index < -0.39 is 0 Å². The van der Waals surface area contributed by atoms with Gasteiger partial charge in [-0.1, -0.05) is 13.8 Å². The highest BCUT2D eigenvalue weighted by atomic mass is 16.6. The van der Waals surface area contributed by atoms with Crippen molar-refractivity contribution in [1.82, 2.24) is 0 Å². The molecule has 0 spiro atoms. The van der Waals surface area contributed by atoms with E-state index in [1.807, 2.05) is 34.6 Å². The maximum Gasteiger partial charge on any atom is 0.309 e. The molecule has 4 aliphatic carbocycles. The Bertz CT molecular complexity index is 891. The van der Waals surface area contributed by atoms with Crippen LogP contribution in [0.5, 0.6) is 0 Å². The van der Waals surface area contributed by atoms with E-state index in [-0.39, 0.29) is 77.4 Å². The van der Waals surface area contributed by atoms with Gasteiger partial charge in [0.25, 0.3) is 0 Å². The van der Waals surface area contributed by atoms with Gasteiger partial charge in [-0.05, 0) is 84.0 Å². The van der Waals surface area contributed by atoms with E-state index in [0.29, 0.717) is 18.8 Å². The molecule has 0 radical (unpaired) electrons. The van der Waals surface area contributed by atoms with Crippen molar-refractivity contribution in [2.24, 2.45) is 41.4 Å². The highest BCUT2D eigenvalue weighted by molar-refractivity contribution is 5.78. The van der Waals surface area contributed by atoms with Gasteiger partial charge in [-0.25, -0.2) is 0 Å². The van der Waals surface area contributed by atoms with Crippen LogP contribution in [0.2, 0.25) is 0 Å². The topological polar surface area (TPSA) is 105 Å². The fourth-order valence-electron chi connectivity index (χ4n) is 7.27. The van der Waals surface area contributed by atoms with Gasteiger partial charge in [0.1, 0.15) is 23.9 Å². The zero-order valence-electron chi connectivity index (χ0n) is 23.2. The summed E-state index contributed by atoms with van der Waals surface area (Å²) in [6, 6.07) is 0. The molecule has 0 amide bonds. The number of esters is 4. The van der Waals surface area contributed by atoms with Gasteiger partial charge in [-0.2, -0.15) is 0 Å². The third-order valence-electron chi connectivity index (χ3n) is 8.92. The van der Waals surface area contributed by atoms with Crippen molar-refractivity contribution < 1.29 is 38.1 Å². The van der Waals surface area contributed by atoms with Gasteiger partial charge < -0.3 is 18.9 Å². The molecule has 0 aromatic heterocycles. The maximum absolute atomic E-state index is 12.9. The molecule has 0 N–H and O–H groups in total. The Morgan fingerprint density at radius 2 is 1.73 bits per heavy atom. The van der Waals surface area contributed by atoms with Crippen molar-refractivity contribution in [2.75, 3.05) is 0 Å². The summed E-state index contributed by atoms with van der Waals surface area (Å²) in [6.07, 6.45) is 6.95. The van der Waals surface area contributed by atoms with Crippen LogP contribution < -0.4 is 0 Å². The third kappa shape index (κ3) is 6.31. The summed E-state index contributed by atoms with van der Waals surface area (Å²) in [4.78, 5) is 47.6. The normalized spacial score (nSPS) is 36.3. The van der Waals surface area contributed by atoms with Crippen molar-refractivity contribution in [1.29, 1.82) is 0 Å². The van der Waals surface area contributed by atoms with E-state index in [1.165, 1.54) is 26.2 Å². The lowest BCUT2D eigenvalue weighted by atomic mass is 9.87. The minimum absolute atomic E-state index is 0.0163. The van der Waals surface area contributed by atoms with Crippen LogP contribution in [-0.2, 0) is 38.1 Å². The number of fused-ring (bicyclic) bond motifs is 3. The summed E-state index contributed by atoms with van der Waals surface area (Å²) in [5.41, 5.74) is -0.328. The van der Waals surface area contributed by atoms with E-state index in [4.69, 9.17) is 18.9 Å². The molecular formula is C29H44O8. The van der Waals surface area contributed by atoms with Gasteiger partial charge >= 0.3 is 23.9 Å². The molecule has 8 nitrogen and oxygen atoms in total. The Hall–Kier alpha value is -2.12. The number of rotatable bonds is 7. The van der Waals surface area contributed by atoms with E-state index in [1.54, 1.807) is 0 Å². The van der Waals surface area contributed by atoms with Crippen LogP contribution in [0, 0.1) is 41.4 Å². The van der Waals surface area contributed by atoms with Gasteiger partial charge in [0.15, 0.2) is 0 Å². The number of hydrogen-bond donors (Lipinski definition) is 0. The minimum atomic E-state index is -0.329. The predicted molar refractivity (Wildman–Crippen MR) is 134 cm³/mol. The van der Waals surface area contributed by atoms with Crippen LogP contribution in [0.1, 0.15) is 92.9 Å². The SMILES string of the molecule is CC(=O)OC(C)(C)C.CCC(CC(C)C(=O)OC1CC2CCC1C2)C(=O)OC1C2CC3C(=O)OC1C3C2. The standard InChI is InChI=1S/C23H32O6.C6H12O2/c1-3-13(6-11(2)21(24)27-18-8-12-4-5-14(18)7-12)22(25)28-19-15-9-16-17(10-15)23(26)29-20(16)19;1-5(7)8-6(2,3)4/h11-20H,3-10H2,1-2H3;1-4H3. The molecule has 1 saturated heterocycles. The second kappa shape index (κ2) is 10.9. The first kappa shape index (κ1) is 27.9. The first-order chi connectivity index (χ1) is 17.4. The molecule has 0 aromatic rings. The molecule has 1 heterocycles. The summed E-state index contributed by atoms with van der Waals surface area (Å²) >= 11 is 0. The Kier molecular flexibility index (Phi) is 8.25. The van der Waals surface area contributed by atoms with Gasteiger partial charge in [-0.3, -0.25) is 19.2 Å². The van der Waals surface area contributed by atoms with Gasteiger partial charge in [-0.15, -0.1) is 0 Å². The monoisotopic (exact) mass is 520 g/mol. The van der Waals surface area contributed by atoms with Crippen LogP contribution in [-0.4, -0.2) is 47.8 Å². The summed E-state index contributed by atoms with van der Waals surface area (Å²) in [6.45, 7) is 10.7. The zero-order valence-corrected chi connectivity index (χ0v) is 23.2. The third-order valence-corrected chi connectivity index (χ3v) is 8.92. The van der Waals surface area contributed by atoms with Crippen LogP contribution in [0.25, 0.3) is 0 Å². The highest BCUT2D eigenvalue weighted by Gasteiger charge is 2.63. The van der Waals surface area contributed by atoms with Crippen LogP contribution in [0.3, 0.4) is 0 Å². The molecule has 5 rings (SSSR count). The average molecular weight is 521 g/mol. The van der Waals surface area contributed by atoms with E-state index in [2.05, 4.69) is 0 Å². The van der Waals surface area contributed by atoms with E-state index in [9.17, 15) is 19.2 Å². The predicted octanol–water partition coefficient (Wildman–Crippen LogP) is 4.61. The molecule has 8 heteroatoms. The quantitative estimate of drug-likeness (QED) is 0.354. The molecule has 4 saturated carbocycles. The Morgan fingerprint density at radius 3 is 2.27 bits per heavy atom. The second-order valence-corrected chi connectivity index (χ2v) is 12.9. The summed E-state index contributed by atoms with van der Waals surface area (Å²) in [5, 5.41) is 0. The van der Waals surface area contributed by atoms with Crippen LogP contribution >= 0.6 is 0 Å². The number of carbonyl (C=O) groups excluding carboxylic acids is 4. The molecule has 10 unspecified atom stereocenters. The first-order valence-corrected chi connectivity index (χ1v) is 14.2. The first-order valence-electron chi connectivity index (χ1n) is 14.2. The highest BCUT2D eigenvalue weighted by Crippen LogP contribution is 2.55. The fraction of sp³-hybridized carbons (Fsp3) is 0.862. The Morgan fingerprint density at radius 1 is 1.00 bits per heavy atom. The van der Waals surface area contributed by atoms with Gasteiger partial charge in [0, 0.05) is 18.8 Å². The van der Waals surface area contributed by atoms with Crippen LogP contribution in [0.15, 0.2) is 0 Å². The lowest BCUT2D eigenvalue weighted by molar-refractivity contribution is -0.167. The molecule has 10 atom stereocenters. The molecule has 4 bridgehead atoms. The van der Waals surface area contributed by atoms with E-state index >= 15 is 0 Å². The van der Waals surface area contributed by atoms with Crippen molar-refractivity contribution in [3.8, 4) is 0 Å². The molecular weight excluding hydrogens is 476 g/mol. The number of carbonyl (C=O) groups is 4. The molecule has 1 aliphatic heterocycles. The average Bonchev–Trinajstić information content (AvgIpc) is 3.59. The smallest absolute Gasteiger partial charge is 0.309 e. The lowest BCUT2D eigenvalue weighted by Gasteiger charge is -2.28. The van der Waals surface area contributed by atoms with Crippen LogP contribution in [0.4, 0.5) is 0 Å². The maximum atomic E-state index is 12.9. The summed E-state index contributed by atoms with van der Waals surface area (Å²) in [7, 11) is 0. The molecule has 0 aromatic carbocycles. The van der Waals surface area contributed by atoms with Gasteiger partial charge in [0.05, 0.1) is 17.8 Å².